The van der Waals surface area contributed by atoms with E-state index in [1.807, 2.05) is 24.9 Å². The minimum atomic E-state index is -0.820. The maximum Gasteiger partial charge on any atom is 0.407 e. The summed E-state index contributed by atoms with van der Waals surface area (Å²) in [5.74, 6) is 1.09. The highest BCUT2D eigenvalue weighted by Crippen LogP contribution is 2.46. The molecule has 1 aliphatic rings. The molecule has 5 rings (SSSR count). The standard InChI is InChI=1S/C26H32N4O4S2/c1-14-21-16(12-29(5)28-21)9-17(22(14)34-13-33-6)23-27-24-19(36-23)11-18(35-24)15-7-8-30(25(31)32)20(10-15)26(2,3)4/h9,11-12,15,20H,7-8,10,13H2,1-6H3,(H,31,32). The summed E-state index contributed by atoms with van der Waals surface area (Å²) >= 11 is 3.39. The molecule has 10 heteroatoms. The van der Waals surface area contributed by atoms with Gasteiger partial charge in [-0.05, 0) is 43.2 Å². The van der Waals surface area contributed by atoms with Gasteiger partial charge in [-0.1, -0.05) is 20.8 Å². The van der Waals surface area contributed by atoms with Crippen LogP contribution in [0.4, 0.5) is 4.79 Å². The summed E-state index contributed by atoms with van der Waals surface area (Å²) in [6, 6.07) is 4.35. The van der Waals surface area contributed by atoms with Crippen LogP contribution in [0, 0.1) is 12.3 Å². The zero-order valence-corrected chi connectivity index (χ0v) is 23.1. The third kappa shape index (κ3) is 4.46. The van der Waals surface area contributed by atoms with E-state index in [-0.39, 0.29) is 18.2 Å². The van der Waals surface area contributed by atoms with E-state index in [0.717, 1.165) is 55.2 Å². The Hall–Kier alpha value is -2.69. The number of ether oxygens (including phenoxy) is 2. The van der Waals surface area contributed by atoms with E-state index in [1.54, 1.807) is 34.7 Å². The molecule has 0 saturated carbocycles. The molecule has 0 aliphatic carbocycles. The second-order valence-electron chi connectivity index (χ2n) is 10.6. The number of nitrogens with zero attached hydrogens (tertiary/aromatic N) is 4. The summed E-state index contributed by atoms with van der Waals surface area (Å²) in [5, 5.41) is 16.3. The third-order valence-electron chi connectivity index (χ3n) is 7.01. The largest absolute Gasteiger partial charge is 0.466 e. The number of amides is 1. The smallest absolute Gasteiger partial charge is 0.407 e. The quantitative estimate of drug-likeness (QED) is 0.298. The molecular formula is C26H32N4O4S2. The fourth-order valence-electron chi connectivity index (χ4n) is 5.24. The minimum Gasteiger partial charge on any atom is -0.466 e. The molecule has 1 aliphatic heterocycles. The van der Waals surface area contributed by atoms with E-state index in [4.69, 9.17) is 14.5 Å². The van der Waals surface area contributed by atoms with E-state index >= 15 is 0 Å². The average Bonchev–Trinajstić information content (AvgIpc) is 3.50. The van der Waals surface area contributed by atoms with Crippen molar-refractivity contribution in [2.24, 2.45) is 12.5 Å². The minimum absolute atomic E-state index is 0.00733. The Bertz CT molecular complexity index is 1400. The summed E-state index contributed by atoms with van der Waals surface area (Å²) < 4.78 is 14.2. The summed E-state index contributed by atoms with van der Waals surface area (Å²) in [7, 11) is 3.53. The van der Waals surface area contributed by atoms with Gasteiger partial charge in [0.1, 0.15) is 15.6 Å². The fraction of sp³-hybridized carbons (Fsp3) is 0.500. The van der Waals surface area contributed by atoms with Crippen LogP contribution in [0.5, 0.6) is 5.75 Å². The first-order valence-electron chi connectivity index (χ1n) is 12.1. The fourth-order valence-corrected chi connectivity index (χ4v) is 7.63. The highest BCUT2D eigenvalue weighted by atomic mass is 32.1. The number of fused-ring (bicyclic) bond motifs is 2. The topological polar surface area (TPSA) is 89.7 Å². The molecule has 2 atom stereocenters. The molecule has 2 unspecified atom stereocenters. The number of benzene rings is 1. The monoisotopic (exact) mass is 528 g/mol. The van der Waals surface area contributed by atoms with Crippen LogP contribution in [0.2, 0.25) is 0 Å². The lowest BCUT2D eigenvalue weighted by molar-refractivity contribution is 0.0511. The Balaban J connectivity index is 1.49. The van der Waals surface area contributed by atoms with Crippen molar-refractivity contribution in [1.82, 2.24) is 19.7 Å². The van der Waals surface area contributed by atoms with Crippen LogP contribution in [0.25, 0.3) is 31.0 Å². The molecule has 3 aromatic heterocycles. The molecule has 0 radical (unpaired) electrons. The molecule has 192 valence electrons. The number of rotatable bonds is 5. The van der Waals surface area contributed by atoms with Crippen molar-refractivity contribution >= 4 is 49.2 Å². The van der Waals surface area contributed by atoms with Gasteiger partial charge in [0.25, 0.3) is 0 Å². The van der Waals surface area contributed by atoms with Gasteiger partial charge in [-0.2, -0.15) is 5.10 Å². The van der Waals surface area contributed by atoms with Crippen molar-refractivity contribution in [2.45, 2.75) is 52.5 Å². The summed E-state index contributed by atoms with van der Waals surface area (Å²) in [6.45, 7) is 9.12. The Labute approximate surface area is 218 Å². The molecule has 1 fully saturated rings. The van der Waals surface area contributed by atoms with Gasteiger partial charge >= 0.3 is 6.09 Å². The highest BCUT2D eigenvalue weighted by molar-refractivity contribution is 7.28. The zero-order valence-electron chi connectivity index (χ0n) is 21.5. The molecule has 1 saturated heterocycles. The predicted octanol–water partition coefficient (Wildman–Crippen LogP) is 6.47. The molecule has 4 aromatic rings. The summed E-state index contributed by atoms with van der Waals surface area (Å²) in [5.41, 5.74) is 2.72. The molecule has 8 nitrogen and oxygen atoms in total. The Kier molecular flexibility index (Phi) is 6.46. The summed E-state index contributed by atoms with van der Waals surface area (Å²) in [4.78, 5) is 20.8. The van der Waals surface area contributed by atoms with E-state index in [9.17, 15) is 9.90 Å². The van der Waals surface area contributed by atoms with Crippen LogP contribution in [-0.2, 0) is 11.8 Å². The van der Waals surface area contributed by atoms with Crippen LogP contribution in [-0.4, -0.2) is 57.4 Å². The molecule has 1 N–H and O–H groups in total. The number of thiophene rings is 1. The number of hydrogen-bond donors (Lipinski definition) is 1. The van der Waals surface area contributed by atoms with E-state index < -0.39 is 6.09 Å². The van der Waals surface area contributed by atoms with Gasteiger partial charge in [0.2, 0.25) is 0 Å². The molecule has 36 heavy (non-hydrogen) atoms. The number of carbonyl (C=O) groups is 1. The number of aromatic nitrogens is 3. The first-order valence-corrected chi connectivity index (χ1v) is 13.7. The maximum absolute atomic E-state index is 11.8. The van der Waals surface area contributed by atoms with E-state index in [0.29, 0.717) is 12.5 Å². The van der Waals surface area contributed by atoms with Crippen molar-refractivity contribution in [2.75, 3.05) is 20.4 Å². The van der Waals surface area contributed by atoms with Crippen molar-refractivity contribution in [1.29, 1.82) is 0 Å². The lowest BCUT2D eigenvalue weighted by atomic mass is 9.76. The number of methoxy groups -OCH3 is 1. The number of piperidine rings is 1. The molecular weight excluding hydrogens is 496 g/mol. The third-order valence-corrected chi connectivity index (χ3v) is 9.36. The molecule has 1 aromatic carbocycles. The Morgan fingerprint density at radius 3 is 2.72 bits per heavy atom. The van der Waals surface area contributed by atoms with Crippen LogP contribution >= 0.6 is 22.7 Å². The normalized spacial score (nSPS) is 18.9. The van der Waals surface area contributed by atoms with Gasteiger partial charge in [0.05, 0.1) is 15.8 Å². The van der Waals surface area contributed by atoms with Crippen molar-refractivity contribution in [3.8, 4) is 16.3 Å². The SMILES string of the molecule is COCOc1c(-c2nc3sc(C4CCN(C(=O)O)C(C(C)(C)C)C4)cc3s2)cc2cn(C)nc2c1C. The average molecular weight is 529 g/mol. The highest BCUT2D eigenvalue weighted by Gasteiger charge is 2.39. The van der Waals surface area contributed by atoms with Gasteiger partial charge < -0.3 is 19.5 Å². The lowest BCUT2D eigenvalue weighted by Crippen LogP contribution is -2.51. The number of hydrogen-bond acceptors (Lipinski definition) is 7. The van der Waals surface area contributed by atoms with Crippen LogP contribution in [0.1, 0.15) is 50.0 Å². The van der Waals surface area contributed by atoms with Crippen LogP contribution < -0.4 is 4.74 Å². The van der Waals surface area contributed by atoms with Crippen molar-refractivity contribution in [3.05, 3.63) is 28.8 Å². The zero-order chi connectivity index (χ0) is 25.8. The van der Waals surface area contributed by atoms with Crippen LogP contribution in [0.15, 0.2) is 18.3 Å². The van der Waals surface area contributed by atoms with Gasteiger partial charge in [0, 0.05) is 48.8 Å². The first kappa shape index (κ1) is 25.0. The second kappa shape index (κ2) is 9.32. The number of carboxylic acid groups (broad SMARTS) is 1. The van der Waals surface area contributed by atoms with Crippen molar-refractivity contribution in [3.63, 3.8) is 0 Å². The van der Waals surface area contributed by atoms with Crippen molar-refractivity contribution < 1.29 is 19.4 Å². The maximum atomic E-state index is 11.8. The second-order valence-corrected chi connectivity index (χ2v) is 12.7. The number of thiazole rings is 1. The molecule has 4 heterocycles. The molecule has 0 bridgehead atoms. The number of likely N-dealkylation sites (tertiary alicyclic amines) is 1. The Morgan fingerprint density at radius 1 is 1.28 bits per heavy atom. The number of aryl methyl sites for hydroxylation is 2. The van der Waals surface area contributed by atoms with Gasteiger partial charge in [-0.25, -0.2) is 9.78 Å². The molecule has 0 spiro atoms. The van der Waals surface area contributed by atoms with E-state index in [1.165, 1.54) is 4.88 Å². The van der Waals surface area contributed by atoms with Crippen LogP contribution in [0.3, 0.4) is 0 Å². The first-order chi connectivity index (χ1) is 17.1. The van der Waals surface area contributed by atoms with E-state index in [2.05, 4.69) is 38.0 Å². The predicted molar refractivity (Wildman–Crippen MR) is 144 cm³/mol. The van der Waals surface area contributed by atoms with Gasteiger partial charge in [-0.3, -0.25) is 4.68 Å². The lowest BCUT2D eigenvalue weighted by Gasteiger charge is -2.44. The van der Waals surface area contributed by atoms with Gasteiger partial charge in [-0.15, -0.1) is 22.7 Å². The molecule has 1 amide bonds. The summed E-state index contributed by atoms with van der Waals surface area (Å²) in [6.07, 6.45) is 2.86. The Morgan fingerprint density at radius 2 is 2.06 bits per heavy atom. The van der Waals surface area contributed by atoms with Gasteiger partial charge in [0.15, 0.2) is 6.79 Å².